The van der Waals surface area contributed by atoms with Gasteiger partial charge < -0.3 is 5.11 Å². The highest BCUT2D eigenvalue weighted by atomic mass is 32.2. The van der Waals surface area contributed by atoms with Gasteiger partial charge in [0.1, 0.15) is 5.82 Å². The standard InChI is InChI=1S/C10H8F4O3S2/c11-7-2-1-6(9(15)16)5-8(7)19(17)4-3-18-10(12,13)14/h1-2,5H,3-4H2,(H,15,16). The summed E-state index contributed by atoms with van der Waals surface area (Å²) in [6.45, 7) is 0. The molecule has 1 rings (SSSR count). The van der Waals surface area contributed by atoms with Gasteiger partial charge in [-0.25, -0.2) is 9.18 Å². The van der Waals surface area contributed by atoms with E-state index in [2.05, 4.69) is 0 Å². The Kier molecular flexibility index (Phi) is 5.36. The van der Waals surface area contributed by atoms with Crippen molar-refractivity contribution in [2.75, 3.05) is 11.5 Å². The van der Waals surface area contributed by atoms with Crippen LogP contribution in [0.5, 0.6) is 0 Å². The van der Waals surface area contributed by atoms with E-state index in [9.17, 15) is 26.6 Å². The number of carboxylic acids is 1. The molecule has 0 heterocycles. The third kappa shape index (κ3) is 5.19. The topological polar surface area (TPSA) is 54.4 Å². The van der Waals surface area contributed by atoms with Crippen LogP contribution in [0.3, 0.4) is 0 Å². The molecule has 1 aromatic carbocycles. The van der Waals surface area contributed by atoms with Gasteiger partial charge in [-0.15, -0.1) is 0 Å². The van der Waals surface area contributed by atoms with Crippen molar-refractivity contribution < 1.29 is 31.7 Å². The molecule has 3 nitrogen and oxygen atoms in total. The Morgan fingerprint density at radius 2 is 2.00 bits per heavy atom. The Morgan fingerprint density at radius 3 is 2.53 bits per heavy atom. The zero-order chi connectivity index (χ0) is 14.6. The van der Waals surface area contributed by atoms with Gasteiger partial charge >= 0.3 is 11.5 Å². The van der Waals surface area contributed by atoms with E-state index in [1.54, 1.807) is 0 Å². The minimum absolute atomic E-state index is 0.270. The molecule has 9 heteroatoms. The summed E-state index contributed by atoms with van der Waals surface area (Å²) in [5.41, 5.74) is -4.71. The molecule has 0 saturated heterocycles. The zero-order valence-electron chi connectivity index (χ0n) is 9.24. The minimum Gasteiger partial charge on any atom is -0.478 e. The predicted molar refractivity (Wildman–Crippen MR) is 63.1 cm³/mol. The van der Waals surface area contributed by atoms with E-state index in [-0.39, 0.29) is 17.3 Å². The van der Waals surface area contributed by atoms with E-state index in [0.717, 1.165) is 18.2 Å². The molecule has 0 fully saturated rings. The van der Waals surface area contributed by atoms with Gasteiger partial charge in [0.25, 0.3) is 0 Å². The van der Waals surface area contributed by atoms with E-state index >= 15 is 0 Å². The van der Waals surface area contributed by atoms with Crippen LogP contribution in [0.25, 0.3) is 0 Å². The Labute approximate surface area is 112 Å². The second kappa shape index (κ2) is 6.38. The normalized spacial score (nSPS) is 13.3. The van der Waals surface area contributed by atoms with Crippen LogP contribution in [-0.4, -0.2) is 32.3 Å². The second-order valence-electron chi connectivity index (χ2n) is 3.29. The third-order valence-electron chi connectivity index (χ3n) is 1.96. The quantitative estimate of drug-likeness (QED) is 0.849. The molecule has 19 heavy (non-hydrogen) atoms. The predicted octanol–water partition coefficient (Wildman–Crippen LogP) is 2.88. The van der Waals surface area contributed by atoms with Gasteiger partial charge in [0, 0.05) is 11.5 Å². The Balaban J connectivity index is 2.76. The number of benzene rings is 1. The van der Waals surface area contributed by atoms with Crippen molar-refractivity contribution in [3.05, 3.63) is 29.6 Å². The molecule has 106 valence electrons. The first-order valence-electron chi connectivity index (χ1n) is 4.82. The van der Waals surface area contributed by atoms with Gasteiger partial charge in [-0.05, 0) is 18.2 Å². The summed E-state index contributed by atoms with van der Waals surface area (Å²) in [7, 11) is -2.02. The Morgan fingerprint density at radius 1 is 1.37 bits per heavy atom. The average Bonchev–Trinajstić information content (AvgIpc) is 2.27. The molecular weight excluding hydrogens is 308 g/mol. The fourth-order valence-electron chi connectivity index (χ4n) is 1.15. The fraction of sp³-hybridized carbons (Fsp3) is 0.300. The summed E-state index contributed by atoms with van der Waals surface area (Å²) < 4.78 is 60.6. The largest absolute Gasteiger partial charge is 0.478 e. The summed E-state index contributed by atoms with van der Waals surface area (Å²) in [6, 6.07) is 2.68. The lowest BCUT2D eigenvalue weighted by molar-refractivity contribution is -0.0326. The number of carboxylic acid groups (broad SMARTS) is 1. The molecule has 0 aliphatic rings. The van der Waals surface area contributed by atoms with Crippen LogP contribution in [0.2, 0.25) is 0 Å². The molecule has 0 aromatic heterocycles. The van der Waals surface area contributed by atoms with Crippen molar-refractivity contribution >= 4 is 28.5 Å². The summed E-state index contributed by atoms with van der Waals surface area (Å²) in [4.78, 5) is 10.3. The average molecular weight is 316 g/mol. The van der Waals surface area contributed by atoms with E-state index in [1.807, 2.05) is 0 Å². The van der Waals surface area contributed by atoms with Crippen molar-refractivity contribution in [1.29, 1.82) is 0 Å². The lowest BCUT2D eigenvalue weighted by atomic mass is 10.2. The van der Waals surface area contributed by atoms with Crippen LogP contribution in [-0.2, 0) is 10.8 Å². The number of halogens is 4. The molecule has 0 aliphatic carbocycles. The first-order chi connectivity index (χ1) is 8.70. The molecule has 1 unspecified atom stereocenters. The lowest BCUT2D eigenvalue weighted by Gasteiger charge is -2.07. The van der Waals surface area contributed by atoms with Gasteiger partial charge in [-0.3, -0.25) is 4.21 Å². The lowest BCUT2D eigenvalue weighted by Crippen LogP contribution is -2.09. The number of alkyl halides is 3. The summed E-state index contributed by atoms with van der Waals surface area (Å²) in [5, 5.41) is 8.69. The number of hydrogen-bond donors (Lipinski definition) is 1. The van der Waals surface area contributed by atoms with Gasteiger partial charge in [-0.1, -0.05) is 11.8 Å². The summed E-state index contributed by atoms with van der Waals surface area (Å²) in [6.07, 6.45) is 0. The van der Waals surface area contributed by atoms with Crippen LogP contribution < -0.4 is 0 Å². The molecule has 1 N–H and O–H groups in total. The number of carbonyl (C=O) groups is 1. The highest BCUT2D eigenvalue weighted by Crippen LogP contribution is 2.30. The molecule has 0 amide bonds. The first-order valence-corrected chi connectivity index (χ1v) is 7.13. The zero-order valence-corrected chi connectivity index (χ0v) is 10.9. The van der Waals surface area contributed by atoms with Crippen molar-refractivity contribution in [3.8, 4) is 0 Å². The Hall–Kier alpha value is -1.09. The fourth-order valence-corrected chi connectivity index (χ4v) is 3.09. The van der Waals surface area contributed by atoms with Crippen LogP contribution >= 0.6 is 11.8 Å². The van der Waals surface area contributed by atoms with Gasteiger partial charge in [0.2, 0.25) is 0 Å². The maximum Gasteiger partial charge on any atom is 0.441 e. The third-order valence-corrected chi connectivity index (χ3v) is 4.33. The van der Waals surface area contributed by atoms with E-state index in [4.69, 9.17) is 5.11 Å². The molecule has 1 atom stereocenters. The molecule has 0 aliphatic heterocycles. The van der Waals surface area contributed by atoms with Crippen molar-refractivity contribution in [1.82, 2.24) is 0 Å². The number of rotatable bonds is 5. The van der Waals surface area contributed by atoms with Crippen LogP contribution in [0, 0.1) is 5.82 Å². The monoisotopic (exact) mass is 316 g/mol. The van der Waals surface area contributed by atoms with Crippen molar-refractivity contribution in [3.63, 3.8) is 0 Å². The van der Waals surface area contributed by atoms with E-state index in [0.29, 0.717) is 0 Å². The summed E-state index contributed by atoms with van der Waals surface area (Å²) >= 11 is -0.359. The molecule has 0 spiro atoms. The van der Waals surface area contributed by atoms with Crippen molar-refractivity contribution in [2.24, 2.45) is 0 Å². The van der Waals surface area contributed by atoms with Gasteiger partial charge in [0.05, 0.1) is 21.3 Å². The molecule has 0 saturated carbocycles. The van der Waals surface area contributed by atoms with Crippen LogP contribution in [0.15, 0.2) is 23.1 Å². The van der Waals surface area contributed by atoms with E-state index in [1.165, 1.54) is 0 Å². The summed E-state index contributed by atoms with van der Waals surface area (Å²) in [5.74, 6) is -3.14. The van der Waals surface area contributed by atoms with Crippen molar-refractivity contribution in [2.45, 2.75) is 10.4 Å². The van der Waals surface area contributed by atoms with Crippen LogP contribution in [0.4, 0.5) is 17.6 Å². The van der Waals surface area contributed by atoms with Gasteiger partial charge in [0.15, 0.2) is 0 Å². The first kappa shape index (κ1) is 16.0. The molecule has 0 radical (unpaired) electrons. The smallest absolute Gasteiger partial charge is 0.441 e. The maximum absolute atomic E-state index is 13.3. The highest BCUT2D eigenvalue weighted by Gasteiger charge is 2.28. The van der Waals surface area contributed by atoms with Crippen LogP contribution in [0.1, 0.15) is 10.4 Å². The number of thioether (sulfide) groups is 1. The molecule has 0 bridgehead atoms. The Bertz CT molecular complexity index is 502. The second-order valence-corrected chi connectivity index (χ2v) is 5.99. The SMILES string of the molecule is O=C(O)c1ccc(F)c(S(=O)CCSC(F)(F)F)c1. The molecule has 1 aromatic rings. The molecular formula is C10H8F4O3S2. The minimum atomic E-state index is -4.44. The highest BCUT2D eigenvalue weighted by molar-refractivity contribution is 8.00. The van der Waals surface area contributed by atoms with E-state index < -0.39 is 44.5 Å². The number of hydrogen-bond acceptors (Lipinski definition) is 3. The number of aromatic carboxylic acids is 1. The maximum atomic E-state index is 13.3. The van der Waals surface area contributed by atoms with Gasteiger partial charge in [-0.2, -0.15) is 13.2 Å².